The first kappa shape index (κ1) is 15.3. The molecule has 1 rings (SSSR count). The van der Waals surface area contributed by atoms with E-state index < -0.39 is 11.8 Å². The summed E-state index contributed by atoms with van der Waals surface area (Å²) in [7, 11) is 1.26. The molecule has 0 fully saturated rings. The van der Waals surface area contributed by atoms with E-state index in [9.17, 15) is 9.18 Å². The summed E-state index contributed by atoms with van der Waals surface area (Å²) < 4.78 is 18.4. The molecule has 1 aromatic rings. The Labute approximate surface area is 113 Å². The predicted molar refractivity (Wildman–Crippen MR) is 74.7 cm³/mol. The van der Waals surface area contributed by atoms with Crippen molar-refractivity contribution in [3.63, 3.8) is 0 Å². The summed E-state index contributed by atoms with van der Waals surface area (Å²) in [4.78, 5) is 11.5. The van der Waals surface area contributed by atoms with E-state index in [-0.39, 0.29) is 23.0 Å². The number of nitrogen functional groups attached to an aromatic ring is 1. The quantitative estimate of drug-likeness (QED) is 0.636. The van der Waals surface area contributed by atoms with E-state index >= 15 is 0 Å². The molecule has 106 valence electrons. The van der Waals surface area contributed by atoms with Gasteiger partial charge in [-0.1, -0.05) is 20.3 Å². The molecule has 0 aliphatic heterocycles. The summed E-state index contributed by atoms with van der Waals surface area (Å²) in [5.74, 6) is -0.657. The minimum atomic E-state index is -0.572. The lowest BCUT2D eigenvalue weighted by Gasteiger charge is -2.22. The van der Waals surface area contributed by atoms with Gasteiger partial charge in [-0.2, -0.15) is 0 Å². The largest absolute Gasteiger partial charge is 0.465 e. The van der Waals surface area contributed by atoms with Crippen molar-refractivity contribution >= 4 is 17.3 Å². The van der Waals surface area contributed by atoms with Gasteiger partial charge in [-0.15, -0.1) is 0 Å². The van der Waals surface area contributed by atoms with E-state index in [1.54, 1.807) is 0 Å². The average Bonchev–Trinajstić information content (AvgIpc) is 2.39. The van der Waals surface area contributed by atoms with Crippen molar-refractivity contribution in [3.05, 3.63) is 23.5 Å². The normalized spacial score (nSPS) is 13.7. The number of ether oxygens (including phenoxy) is 1. The fraction of sp³-hybridized carbons (Fsp3) is 0.500. The molecule has 0 radical (unpaired) electrons. The fourth-order valence-corrected chi connectivity index (χ4v) is 1.73. The zero-order valence-corrected chi connectivity index (χ0v) is 11.8. The third kappa shape index (κ3) is 3.59. The summed E-state index contributed by atoms with van der Waals surface area (Å²) in [6, 6.07) is 2.63. The van der Waals surface area contributed by atoms with Crippen molar-refractivity contribution in [2.24, 2.45) is 5.92 Å². The van der Waals surface area contributed by atoms with Crippen molar-refractivity contribution in [2.75, 3.05) is 18.2 Å². The van der Waals surface area contributed by atoms with Gasteiger partial charge in [-0.05, 0) is 25.0 Å². The number of halogens is 1. The van der Waals surface area contributed by atoms with E-state index in [2.05, 4.69) is 23.9 Å². The molecule has 0 amide bonds. The standard InChI is InChI=1S/C14H21FN2O2/c1-5-8(2)9(3)17-13-6-10(14(18)19-4)12(16)7-11(13)15/h6-9,17H,5,16H2,1-4H3. The second kappa shape index (κ2) is 6.41. The molecule has 2 unspecified atom stereocenters. The fourth-order valence-electron chi connectivity index (χ4n) is 1.73. The highest BCUT2D eigenvalue weighted by Crippen LogP contribution is 2.24. The third-order valence-corrected chi connectivity index (χ3v) is 3.43. The van der Waals surface area contributed by atoms with Crippen molar-refractivity contribution in [2.45, 2.75) is 33.2 Å². The molecule has 0 aliphatic rings. The van der Waals surface area contributed by atoms with Gasteiger partial charge in [0.05, 0.1) is 18.4 Å². The van der Waals surface area contributed by atoms with Crippen molar-refractivity contribution in [1.82, 2.24) is 0 Å². The van der Waals surface area contributed by atoms with Gasteiger partial charge in [0, 0.05) is 11.7 Å². The van der Waals surface area contributed by atoms with Crippen LogP contribution in [0.3, 0.4) is 0 Å². The Morgan fingerprint density at radius 3 is 2.63 bits per heavy atom. The molecule has 0 saturated carbocycles. The molecule has 5 heteroatoms. The van der Waals surface area contributed by atoms with Gasteiger partial charge < -0.3 is 15.8 Å². The molecule has 0 bridgehead atoms. The van der Waals surface area contributed by atoms with Crippen LogP contribution in [-0.4, -0.2) is 19.1 Å². The van der Waals surface area contributed by atoms with Gasteiger partial charge >= 0.3 is 5.97 Å². The first-order valence-corrected chi connectivity index (χ1v) is 6.34. The van der Waals surface area contributed by atoms with E-state index in [4.69, 9.17) is 5.73 Å². The maximum absolute atomic E-state index is 13.8. The summed E-state index contributed by atoms with van der Waals surface area (Å²) >= 11 is 0. The zero-order chi connectivity index (χ0) is 14.6. The van der Waals surface area contributed by atoms with Gasteiger partial charge in [0.1, 0.15) is 5.82 Å². The molecule has 19 heavy (non-hydrogen) atoms. The molecule has 0 heterocycles. The van der Waals surface area contributed by atoms with E-state index in [1.165, 1.54) is 13.2 Å². The number of nitrogens with one attached hydrogen (secondary N) is 1. The Morgan fingerprint density at radius 1 is 1.47 bits per heavy atom. The second-order valence-corrected chi connectivity index (χ2v) is 4.73. The maximum Gasteiger partial charge on any atom is 0.340 e. The monoisotopic (exact) mass is 268 g/mol. The SMILES string of the molecule is CCC(C)C(C)Nc1cc(C(=O)OC)c(N)cc1F. The average molecular weight is 268 g/mol. The second-order valence-electron chi connectivity index (χ2n) is 4.73. The van der Waals surface area contributed by atoms with E-state index in [0.717, 1.165) is 12.5 Å². The molecule has 2 atom stereocenters. The molecule has 0 aromatic heterocycles. The van der Waals surface area contributed by atoms with Crippen LogP contribution >= 0.6 is 0 Å². The van der Waals surface area contributed by atoms with Crippen molar-refractivity contribution < 1.29 is 13.9 Å². The van der Waals surface area contributed by atoms with Crippen LogP contribution in [-0.2, 0) is 4.74 Å². The van der Waals surface area contributed by atoms with E-state index in [1.807, 2.05) is 6.92 Å². The first-order chi connectivity index (χ1) is 8.90. The lowest BCUT2D eigenvalue weighted by Crippen LogP contribution is -2.24. The number of esters is 1. The van der Waals surface area contributed by atoms with Crippen LogP contribution < -0.4 is 11.1 Å². The molecule has 3 N–H and O–H groups in total. The number of rotatable bonds is 5. The highest BCUT2D eigenvalue weighted by atomic mass is 19.1. The lowest BCUT2D eigenvalue weighted by molar-refractivity contribution is 0.0602. The molecular weight excluding hydrogens is 247 g/mol. The van der Waals surface area contributed by atoms with Crippen LogP contribution in [0.4, 0.5) is 15.8 Å². The Kier molecular flexibility index (Phi) is 5.15. The van der Waals surface area contributed by atoms with Crippen LogP contribution in [0.25, 0.3) is 0 Å². The summed E-state index contributed by atoms with van der Waals surface area (Å²) in [6.07, 6.45) is 0.981. The number of carbonyl (C=O) groups is 1. The third-order valence-electron chi connectivity index (χ3n) is 3.43. The maximum atomic E-state index is 13.8. The highest BCUT2D eigenvalue weighted by molar-refractivity contribution is 5.96. The van der Waals surface area contributed by atoms with Gasteiger partial charge in [-0.25, -0.2) is 9.18 Å². The number of hydrogen-bond acceptors (Lipinski definition) is 4. The van der Waals surface area contributed by atoms with Crippen LogP contribution in [0, 0.1) is 11.7 Å². The van der Waals surface area contributed by atoms with Crippen molar-refractivity contribution in [1.29, 1.82) is 0 Å². The number of methoxy groups -OCH3 is 1. The zero-order valence-electron chi connectivity index (χ0n) is 11.8. The molecule has 0 spiro atoms. The molecule has 4 nitrogen and oxygen atoms in total. The smallest absolute Gasteiger partial charge is 0.340 e. The van der Waals surface area contributed by atoms with Crippen LogP contribution in [0.15, 0.2) is 12.1 Å². The number of nitrogens with two attached hydrogens (primary N) is 1. The van der Waals surface area contributed by atoms with Gasteiger partial charge in [-0.3, -0.25) is 0 Å². The Bertz CT molecular complexity index is 463. The number of benzene rings is 1. The summed E-state index contributed by atoms with van der Waals surface area (Å²) in [6.45, 7) is 6.12. The van der Waals surface area contributed by atoms with E-state index in [0.29, 0.717) is 5.92 Å². The minimum absolute atomic E-state index is 0.0751. The predicted octanol–water partition coefficient (Wildman–Crippen LogP) is 3.04. The number of hydrogen-bond donors (Lipinski definition) is 2. The van der Waals surface area contributed by atoms with Crippen LogP contribution in [0.2, 0.25) is 0 Å². The van der Waals surface area contributed by atoms with Gasteiger partial charge in [0.25, 0.3) is 0 Å². The van der Waals surface area contributed by atoms with Gasteiger partial charge in [0.2, 0.25) is 0 Å². The molecule has 0 saturated heterocycles. The lowest BCUT2D eigenvalue weighted by atomic mass is 10.0. The van der Waals surface area contributed by atoms with Crippen LogP contribution in [0.5, 0.6) is 0 Å². The summed E-state index contributed by atoms with van der Waals surface area (Å²) in [5.41, 5.74) is 6.13. The molecular formula is C14H21FN2O2. The van der Waals surface area contributed by atoms with Crippen molar-refractivity contribution in [3.8, 4) is 0 Å². The van der Waals surface area contributed by atoms with Crippen LogP contribution in [0.1, 0.15) is 37.6 Å². The highest BCUT2D eigenvalue weighted by Gasteiger charge is 2.17. The van der Waals surface area contributed by atoms with Gasteiger partial charge in [0.15, 0.2) is 0 Å². The minimum Gasteiger partial charge on any atom is -0.465 e. The Balaban J connectivity index is 3.04. The Morgan fingerprint density at radius 2 is 2.11 bits per heavy atom. The number of anilines is 2. The molecule has 0 aliphatic carbocycles. The molecule has 1 aromatic carbocycles. The first-order valence-electron chi connectivity index (χ1n) is 6.34. The Hall–Kier alpha value is -1.78. The topological polar surface area (TPSA) is 64.3 Å². The summed E-state index contributed by atoms with van der Waals surface area (Å²) in [5, 5.41) is 3.07. The number of carbonyl (C=O) groups excluding carboxylic acids is 1.